The zero-order valence-corrected chi connectivity index (χ0v) is 14.3. The third kappa shape index (κ3) is 2.25. The minimum atomic E-state index is -0.956. The van der Waals surface area contributed by atoms with Crippen molar-refractivity contribution in [2.45, 2.75) is 37.6 Å². The molecule has 1 aliphatic rings. The molecular formula is C19H21BrO. The van der Waals surface area contributed by atoms with E-state index in [1.165, 1.54) is 11.1 Å². The molecule has 0 saturated heterocycles. The van der Waals surface area contributed by atoms with Crippen LogP contribution in [0.5, 0.6) is 0 Å². The van der Waals surface area contributed by atoms with Gasteiger partial charge in [-0.15, -0.1) is 0 Å². The fraction of sp³-hybridized carbons (Fsp3) is 0.368. The molecule has 0 bridgehead atoms. The number of alkyl halides is 1. The molecule has 0 amide bonds. The van der Waals surface area contributed by atoms with E-state index in [-0.39, 0.29) is 5.41 Å². The van der Waals surface area contributed by atoms with Crippen LogP contribution < -0.4 is 0 Å². The first kappa shape index (κ1) is 14.8. The first-order valence-electron chi connectivity index (χ1n) is 7.39. The van der Waals surface area contributed by atoms with Crippen molar-refractivity contribution in [2.24, 2.45) is 5.41 Å². The van der Waals surface area contributed by atoms with Crippen LogP contribution in [0.15, 0.2) is 48.5 Å². The van der Waals surface area contributed by atoms with Gasteiger partial charge in [0.05, 0.1) is 0 Å². The van der Waals surface area contributed by atoms with Crippen molar-refractivity contribution >= 4 is 15.9 Å². The van der Waals surface area contributed by atoms with Gasteiger partial charge in [0, 0.05) is 10.2 Å². The third-order valence-corrected chi connectivity index (χ3v) is 6.23. The molecule has 0 aliphatic heterocycles. The second-order valence-corrected chi connectivity index (χ2v) is 7.64. The molecule has 3 rings (SSSR count). The molecule has 1 fully saturated rings. The Bertz CT molecular complexity index is 599. The standard InChI is InChI=1S/C19H21BrO/c1-13-4-8-15(9-5-13)19(21,18(3)12-17(18)20)16-10-6-14(2)7-11-16/h4-11,17,21H,12H2,1-3H3/t17-,18+/m0/s1. The van der Waals surface area contributed by atoms with Crippen LogP contribution in [0.1, 0.15) is 35.6 Å². The summed E-state index contributed by atoms with van der Waals surface area (Å²) < 4.78 is 0. The highest BCUT2D eigenvalue weighted by atomic mass is 79.9. The van der Waals surface area contributed by atoms with Gasteiger partial charge in [0.1, 0.15) is 5.60 Å². The molecule has 0 radical (unpaired) electrons. The summed E-state index contributed by atoms with van der Waals surface area (Å²) in [7, 11) is 0. The van der Waals surface area contributed by atoms with E-state index in [0.717, 1.165) is 17.5 Å². The van der Waals surface area contributed by atoms with E-state index in [9.17, 15) is 5.11 Å². The van der Waals surface area contributed by atoms with Crippen molar-refractivity contribution in [3.05, 3.63) is 70.8 Å². The molecule has 1 nitrogen and oxygen atoms in total. The van der Waals surface area contributed by atoms with Crippen molar-refractivity contribution in [2.75, 3.05) is 0 Å². The lowest BCUT2D eigenvalue weighted by Gasteiger charge is -2.36. The fourth-order valence-electron chi connectivity index (χ4n) is 3.10. The summed E-state index contributed by atoms with van der Waals surface area (Å²) in [6.07, 6.45) is 0.977. The molecule has 2 atom stereocenters. The Hall–Kier alpha value is -1.12. The Balaban J connectivity index is 2.16. The van der Waals surface area contributed by atoms with Crippen molar-refractivity contribution in [1.29, 1.82) is 0 Å². The Morgan fingerprint density at radius 1 is 0.952 bits per heavy atom. The molecule has 1 aliphatic carbocycles. The van der Waals surface area contributed by atoms with Gasteiger partial charge in [-0.1, -0.05) is 82.5 Å². The van der Waals surface area contributed by atoms with E-state index in [1.807, 2.05) is 0 Å². The van der Waals surface area contributed by atoms with Crippen LogP contribution in [-0.2, 0) is 5.60 Å². The van der Waals surface area contributed by atoms with E-state index in [2.05, 4.69) is 85.2 Å². The zero-order valence-electron chi connectivity index (χ0n) is 12.7. The first-order chi connectivity index (χ1) is 9.88. The van der Waals surface area contributed by atoms with Gasteiger partial charge >= 0.3 is 0 Å². The minimum absolute atomic E-state index is 0.169. The smallest absolute Gasteiger partial charge is 0.121 e. The van der Waals surface area contributed by atoms with Crippen molar-refractivity contribution in [3.63, 3.8) is 0 Å². The lowest BCUT2D eigenvalue weighted by Crippen LogP contribution is -2.38. The number of hydrogen-bond donors (Lipinski definition) is 1. The number of aryl methyl sites for hydroxylation is 2. The molecule has 0 aromatic heterocycles. The molecule has 0 heterocycles. The highest BCUT2D eigenvalue weighted by Crippen LogP contribution is 2.63. The van der Waals surface area contributed by atoms with Crippen molar-refractivity contribution < 1.29 is 5.11 Å². The molecule has 2 aromatic rings. The number of benzene rings is 2. The lowest BCUT2D eigenvalue weighted by atomic mass is 9.74. The summed E-state index contributed by atoms with van der Waals surface area (Å²) in [6.45, 7) is 6.30. The maximum absolute atomic E-state index is 11.7. The van der Waals surface area contributed by atoms with Gasteiger partial charge in [-0.2, -0.15) is 0 Å². The van der Waals surface area contributed by atoms with Gasteiger partial charge in [-0.3, -0.25) is 0 Å². The number of halogens is 1. The Kier molecular flexibility index (Phi) is 3.50. The van der Waals surface area contributed by atoms with Gasteiger partial charge in [0.2, 0.25) is 0 Å². The second-order valence-electron chi connectivity index (χ2n) is 6.53. The molecule has 1 N–H and O–H groups in total. The maximum Gasteiger partial charge on any atom is 0.121 e. The molecule has 2 heteroatoms. The van der Waals surface area contributed by atoms with Gasteiger partial charge in [-0.25, -0.2) is 0 Å². The highest BCUT2D eigenvalue weighted by molar-refractivity contribution is 9.09. The SMILES string of the molecule is Cc1ccc(C(O)(c2ccc(C)cc2)[C@]2(C)C[C@@H]2Br)cc1. The molecule has 0 unspecified atom stereocenters. The maximum atomic E-state index is 11.7. The molecule has 1 saturated carbocycles. The van der Waals surface area contributed by atoms with E-state index in [1.54, 1.807) is 0 Å². The van der Waals surface area contributed by atoms with Crippen molar-refractivity contribution in [1.82, 2.24) is 0 Å². The van der Waals surface area contributed by atoms with Gasteiger partial charge in [0.25, 0.3) is 0 Å². The predicted octanol–water partition coefficient (Wildman–Crippen LogP) is 4.71. The van der Waals surface area contributed by atoms with Gasteiger partial charge in [0.15, 0.2) is 0 Å². The molecule has 0 spiro atoms. The Morgan fingerprint density at radius 2 is 1.29 bits per heavy atom. The summed E-state index contributed by atoms with van der Waals surface area (Å²) in [4.78, 5) is 0.345. The van der Waals surface area contributed by atoms with E-state index >= 15 is 0 Å². The van der Waals surface area contributed by atoms with Crippen LogP contribution in [0.4, 0.5) is 0 Å². The van der Waals surface area contributed by atoms with E-state index in [4.69, 9.17) is 0 Å². The third-order valence-electron chi connectivity index (χ3n) is 4.90. The highest BCUT2D eigenvalue weighted by Gasteiger charge is 2.63. The molecule has 110 valence electrons. The number of hydrogen-bond acceptors (Lipinski definition) is 1. The average Bonchev–Trinajstić information content (AvgIpc) is 3.09. The zero-order chi connectivity index (χ0) is 15.3. The molecular weight excluding hydrogens is 324 g/mol. The van der Waals surface area contributed by atoms with E-state index in [0.29, 0.717) is 4.83 Å². The first-order valence-corrected chi connectivity index (χ1v) is 8.30. The van der Waals surface area contributed by atoms with Gasteiger partial charge < -0.3 is 5.11 Å². The lowest BCUT2D eigenvalue weighted by molar-refractivity contribution is 0.0110. The fourth-order valence-corrected chi connectivity index (χ4v) is 4.11. The Labute approximate surface area is 135 Å². The van der Waals surface area contributed by atoms with Crippen LogP contribution in [0.3, 0.4) is 0 Å². The second kappa shape index (κ2) is 4.96. The summed E-state index contributed by atoms with van der Waals surface area (Å²) >= 11 is 3.70. The monoisotopic (exact) mass is 344 g/mol. The van der Waals surface area contributed by atoms with Crippen LogP contribution in [-0.4, -0.2) is 9.93 Å². The quantitative estimate of drug-likeness (QED) is 0.799. The van der Waals surface area contributed by atoms with Gasteiger partial charge in [-0.05, 0) is 31.4 Å². The molecule has 2 aromatic carbocycles. The largest absolute Gasteiger partial charge is 0.380 e. The topological polar surface area (TPSA) is 20.2 Å². The van der Waals surface area contributed by atoms with Crippen LogP contribution in [0.25, 0.3) is 0 Å². The summed E-state index contributed by atoms with van der Waals surface area (Å²) in [6, 6.07) is 16.5. The molecule has 21 heavy (non-hydrogen) atoms. The summed E-state index contributed by atoms with van der Waals surface area (Å²) in [5.74, 6) is 0. The van der Waals surface area contributed by atoms with Crippen LogP contribution in [0.2, 0.25) is 0 Å². The number of aliphatic hydroxyl groups is 1. The average molecular weight is 345 g/mol. The van der Waals surface area contributed by atoms with Crippen LogP contribution >= 0.6 is 15.9 Å². The minimum Gasteiger partial charge on any atom is -0.380 e. The normalized spacial score (nSPS) is 24.9. The van der Waals surface area contributed by atoms with E-state index < -0.39 is 5.60 Å². The summed E-state index contributed by atoms with van der Waals surface area (Å²) in [5.41, 5.74) is 3.24. The summed E-state index contributed by atoms with van der Waals surface area (Å²) in [5, 5.41) is 11.7. The number of rotatable bonds is 3. The predicted molar refractivity (Wildman–Crippen MR) is 90.8 cm³/mol. The van der Waals surface area contributed by atoms with Crippen LogP contribution in [0, 0.1) is 19.3 Å². The Morgan fingerprint density at radius 3 is 1.57 bits per heavy atom. The van der Waals surface area contributed by atoms with Crippen molar-refractivity contribution in [3.8, 4) is 0 Å².